The number of benzene rings is 3. The van der Waals surface area contributed by atoms with Gasteiger partial charge in [0.25, 0.3) is 20.0 Å². The Hall–Kier alpha value is -2.76. The van der Waals surface area contributed by atoms with Gasteiger partial charge >= 0.3 is 6.18 Å². The lowest BCUT2D eigenvalue weighted by atomic mass is 10.1. The van der Waals surface area contributed by atoms with Gasteiger partial charge in [0, 0.05) is 11.6 Å². The number of rotatable bonds is 5. The molecule has 6 nitrogen and oxygen atoms in total. The molecule has 0 spiro atoms. The van der Waals surface area contributed by atoms with Gasteiger partial charge in [-0.2, -0.15) is 13.2 Å². The highest BCUT2D eigenvalue weighted by atomic mass is 35.5. The monoisotopic (exact) mass is 516 g/mol. The van der Waals surface area contributed by atoms with Crippen LogP contribution in [0.15, 0.2) is 76.5 Å². The summed E-state index contributed by atoms with van der Waals surface area (Å²) >= 11 is 5.83. The Morgan fingerprint density at radius 1 is 0.879 bits per heavy atom. The third-order valence-electron chi connectivity index (χ3n) is 5.06. The zero-order valence-corrected chi connectivity index (χ0v) is 19.1. The number of hydrogen-bond acceptors (Lipinski definition) is 4. The van der Waals surface area contributed by atoms with Crippen LogP contribution in [0.1, 0.15) is 11.1 Å². The van der Waals surface area contributed by atoms with E-state index in [9.17, 15) is 30.0 Å². The van der Waals surface area contributed by atoms with E-state index in [0.29, 0.717) is 23.1 Å². The van der Waals surface area contributed by atoms with E-state index in [1.54, 1.807) is 6.07 Å². The molecule has 0 radical (unpaired) electrons. The lowest BCUT2D eigenvalue weighted by Gasteiger charge is -2.20. The number of nitrogens with zero attached hydrogens (tertiary/aromatic N) is 1. The number of halogens is 4. The highest BCUT2D eigenvalue weighted by Crippen LogP contribution is 2.36. The molecule has 0 aromatic heterocycles. The summed E-state index contributed by atoms with van der Waals surface area (Å²) in [7, 11) is -8.29. The molecule has 12 heteroatoms. The molecular formula is C21H16ClF3N2O4S2. The van der Waals surface area contributed by atoms with E-state index >= 15 is 0 Å². The Kier molecular flexibility index (Phi) is 5.83. The smallest absolute Gasteiger partial charge is 0.280 e. The molecule has 174 valence electrons. The number of alkyl halides is 3. The van der Waals surface area contributed by atoms with Gasteiger partial charge in [0.15, 0.2) is 0 Å². The van der Waals surface area contributed by atoms with Crippen molar-refractivity contribution in [2.75, 3.05) is 15.6 Å². The Labute approximate surface area is 193 Å². The number of sulfonamides is 2. The molecule has 1 aliphatic rings. The molecule has 0 saturated heterocycles. The van der Waals surface area contributed by atoms with Crippen LogP contribution in [0.2, 0.25) is 5.02 Å². The minimum atomic E-state index is -4.70. The number of hydrogen-bond donors (Lipinski definition) is 1. The molecule has 0 saturated carbocycles. The second-order valence-corrected chi connectivity index (χ2v) is 11.2. The minimum Gasteiger partial charge on any atom is -0.280 e. The molecule has 0 bridgehead atoms. The van der Waals surface area contributed by atoms with Gasteiger partial charge < -0.3 is 0 Å². The van der Waals surface area contributed by atoms with Gasteiger partial charge in [-0.25, -0.2) is 16.8 Å². The van der Waals surface area contributed by atoms with Gasteiger partial charge in [-0.3, -0.25) is 9.03 Å². The molecule has 0 fully saturated rings. The van der Waals surface area contributed by atoms with Gasteiger partial charge in [-0.1, -0.05) is 23.7 Å². The van der Waals surface area contributed by atoms with E-state index < -0.39 is 36.7 Å². The summed E-state index contributed by atoms with van der Waals surface area (Å²) in [4.78, 5) is -0.543. The molecule has 1 aliphatic heterocycles. The topological polar surface area (TPSA) is 83.6 Å². The number of anilines is 2. The second-order valence-electron chi connectivity index (χ2n) is 7.26. The third-order valence-corrected chi connectivity index (χ3v) is 8.52. The minimum absolute atomic E-state index is 0.0179. The van der Waals surface area contributed by atoms with Crippen molar-refractivity contribution < 1.29 is 30.0 Å². The summed E-state index contributed by atoms with van der Waals surface area (Å²) < 4.78 is 93.9. The molecule has 1 heterocycles. The van der Waals surface area contributed by atoms with E-state index in [1.807, 2.05) is 0 Å². The predicted molar refractivity (Wildman–Crippen MR) is 118 cm³/mol. The Balaban J connectivity index is 1.66. The van der Waals surface area contributed by atoms with Crippen molar-refractivity contribution in [2.45, 2.75) is 22.4 Å². The van der Waals surface area contributed by atoms with Crippen LogP contribution in [0.25, 0.3) is 0 Å². The molecule has 0 atom stereocenters. The zero-order valence-electron chi connectivity index (χ0n) is 16.7. The van der Waals surface area contributed by atoms with Crippen LogP contribution >= 0.6 is 11.6 Å². The number of fused-ring (bicyclic) bond motifs is 1. The summed E-state index contributed by atoms with van der Waals surface area (Å²) in [6, 6.07) is 13.4. The first-order valence-electron chi connectivity index (χ1n) is 9.49. The molecular weight excluding hydrogens is 501 g/mol. The van der Waals surface area contributed by atoms with Gasteiger partial charge in [-0.15, -0.1) is 0 Å². The first kappa shape index (κ1) is 23.4. The standard InChI is InChI=1S/C21H16ClF3N2O4S2/c22-16-5-8-18(9-6-16)33(30,31)27-11-10-14-4-7-17(13-20(14)27)26-32(28,29)19-3-1-2-15(12-19)21(23,24)25/h1-9,12-13,26H,10-11H2. The molecule has 4 rings (SSSR count). The average Bonchev–Trinajstić information content (AvgIpc) is 3.17. The Morgan fingerprint density at radius 3 is 2.24 bits per heavy atom. The lowest BCUT2D eigenvalue weighted by Crippen LogP contribution is -2.29. The van der Waals surface area contributed by atoms with Gasteiger partial charge in [0.05, 0.1) is 26.7 Å². The maximum absolute atomic E-state index is 13.1. The van der Waals surface area contributed by atoms with Crippen molar-refractivity contribution in [3.8, 4) is 0 Å². The van der Waals surface area contributed by atoms with Crippen molar-refractivity contribution in [3.05, 3.63) is 82.9 Å². The third kappa shape index (κ3) is 4.66. The molecule has 1 N–H and O–H groups in total. The molecule has 0 aliphatic carbocycles. The first-order valence-corrected chi connectivity index (χ1v) is 12.8. The van der Waals surface area contributed by atoms with Crippen LogP contribution in [0.5, 0.6) is 0 Å². The molecule has 33 heavy (non-hydrogen) atoms. The summed E-state index contributed by atoms with van der Waals surface area (Å²) in [6.07, 6.45) is -4.28. The van der Waals surface area contributed by atoms with Crippen LogP contribution in [0.3, 0.4) is 0 Å². The van der Waals surface area contributed by atoms with E-state index in [2.05, 4.69) is 4.72 Å². The van der Waals surface area contributed by atoms with Crippen LogP contribution in [0.4, 0.5) is 24.5 Å². The maximum atomic E-state index is 13.1. The quantitative estimate of drug-likeness (QED) is 0.522. The van der Waals surface area contributed by atoms with E-state index in [-0.39, 0.29) is 22.8 Å². The fourth-order valence-electron chi connectivity index (χ4n) is 3.45. The SMILES string of the molecule is O=S(=O)(Nc1ccc2c(c1)N(S(=O)(=O)c1ccc(Cl)cc1)CC2)c1cccc(C(F)(F)F)c1. The summed E-state index contributed by atoms with van der Waals surface area (Å²) in [6.45, 7) is 0.157. The van der Waals surface area contributed by atoms with E-state index in [4.69, 9.17) is 11.6 Å². The first-order chi connectivity index (χ1) is 15.4. The Morgan fingerprint density at radius 2 is 1.58 bits per heavy atom. The number of nitrogens with one attached hydrogen (secondary N) is 1. The Bertz CT molecular complexity index is 1420. The predicted octanol–water partition coefficient (Wildman–Crippen LogP) is 4.91. The lowest BCUT2D eigenvalue weighted by molar-refractivity contribution is -0.137. The maximum Gasteiger partial charge on any atom is 0.416 e. The molecule has 0 unspecified atom stereocenters. The fourth-order valence-corrected chi connectivity index (χ4v) is 6.17. The van der Waals surface area contributed by atoms with E-state index in [0.717, 1.165) is 22.5 Å². The highest BCUT2D eigenvalue weighted by Gasteiger charge is 2.33. The van der Waals surface area contributed by atoms with Crippen molar-refractivity contribution in [1.29, 1.82) is 0 Å². The summed E-state index contributed by atoms with van der Waals surface area (Å²) in [5.41, 5.74) is -0.104. The largest absolute Gasteiger partial charge is 0.416 e. The molecule has 3 aromatic rings. The summed E-state index contributed by atoms with van der Waals surface area (Å²) in [5, 5.41) is 0.377. The van der Waals surface area contributed by atoms with Crippen molar-refractivity contribution in [3.63, 3.8) is 0 Å². The zero-order chi connectivity index (χ0) is 24.0. The fraction of sp³-hybridized carbons (Fsp3) is 0.143. The average molecular weight is 517 g/mol. The van der Waals surface area contributed by atoms with Gasteiger partial charge in [-0.05, 0) is 66.6 Å². The van der Waals surface area contributed by atoms with Crippen LogP contribution in [-0.2, 0) is 32.6 Å². The van der Waals surface area contributed by atoms with Gasteiger partial charge in [0.2, 0.25) is 0 Å². The highest BCUT2D eigenvalue weighted by molar-refractivity contribution is 7.93. The summed E-state index contributed by atoms with van der Waals surface area (Å²) in [5.74, 6) is 0. The van der Waals surface area contributed by atoms with Gasteiger partial charge in [0.1, 0.15) is 0 Å². The van der Waals surface area contributed by atoms with Crippen LogP contribution < -0.4 is 9.03 Å². The van der Waals surface area contributed by atoms with Crippen LogP contribution in [-0.4, -0.2) is 23.4 Å². The second kappa shape index (κ2) is 8.23. The van der Waals surface area contributed by atoms with Crippen molar-refractivity contribution in [2.24, 2.45) is 0 Å². The normalized spacial score (nSPS) is 14.2. The molecule has 3 aromatic carbocycles. The van der Waals surface area contributed by atoms with Crippen LogP contribution in [0, 0.1) is 0 Å². The molecule has 0 amide bonds. The van der Waals surface area contributed by atoms with E-state index in [1.165, 1.54) is 36.4 Å². The van der Waals surface area contributed by atoms with Crippen molar-refractivity contribution >= 4 is 43.0 Å². The van der Waals surface area contributed by atoms with Crippen molar-refractivity contribution in [1.82, 2.24) is 0 Å².